The second kappa shape index (κ2) is 6.13. The summed E-state index contributed by atoms with van der Waals surface area (Å²) in [6.45, 7) is 5.18. The molecule has 1 unspecified atom stereocenters. The van der Waals surface area contributed by atoms with Gasteiger partial charge in [0, 0.05) is 25.6 Å². The van der Waals surface area contributed by atoms with E-state index in [0.717, 1.165) is 18.5 Å². The van der Waals surface area contributed by atoms with Crippen molar-refractivity contribution >= 4 is 15.9 Å². The second-order valence-electron chi connectivity index (χ2n) is 5.65. The Bertz CT molecular complexity index is 605. The number of amides is 1. The quantitative estimate of drug-likeness (QED) is 0.732. The van der Waals surface area contributed by atoms with E-state index in [9.17, 15) is 13.2 Å². The van der Waals surface area contributed by atoms with E-state index in [1.54, 1.807) is 24.3 Å². The Morgan fingerprint density at radius 1 is 1.33 bits per heavy atom. The Morgan fingerprint density at radius 3 is 2.52 bits per heavy atom. The van der Waals surface area contributed by atoms with E-state index in [2.05, 4.69) is 15.4 Å². The molecule has 0 aromatic heterocycles. The molecule has 6 nitrogen and oxygen atoms in total. The van der Waals surface area contributed by atoms with Crippen LogP contribution in [0.4, 0.5) is 0 Å². The van der Waals surface area contributed by atoms with Gasteiger partial charge in [0.25, 0.3) is 0 Å². The maximum atomic E-state index is 12.4. The number of rotatable bonds is 5. The lowest BCUT2D eigenvalue weighted by molar-refractivity contribution is -0.119. The lowest BCUT2D eigenvalue weighted by Gasteiger charge is -2.24. The molecular weight excluding hydrogens is 290 g/mol. The molecule has 0 aliphatic carbocycles. The first-order chi connectivity index (χ1) is 9.81. The third kappa shape index (κ3) is 4.26. The Hall–Kier alpha value is -1.44. The number of carbonyl (C=O) groups is 1. The summed E-state index contributed by atoms with van der Waals surface area (Å²) in [5, 5.41) is 5.83. The molecule has 0 saturated carbocycles. The summed E-state index contributed by atoms with van der Waals surface area (Å²) in [4.78, 5) is 11.1. The molecule has 0 spiro atoms. The SMILES string of the molecule is CC(=O)NCc1ccc(S(=O)(=O)NC2(C)CCNC2)cc1. The molecule has 21 heavy (non-hydrogen) atoms. The monoisotopic (exact) mass is 311 g/mol. The lowest BCUT2D eigenvalue weighted by atomic mass is 10.0. The summed E-state index contributed by atoms with van der Waals surface area (Å²) >= 11 is 0. The highest BCUT2D eigenvalue weighted by Gasteiger charge is 2.33. The summed E-state index contributed by atoms with van der Waals surface area (Å²) in [5.41, 5.74) is 0.422. The van der Waals surface area contributed by atoms with Crippen LogP contribution in [0.3, 0.4) is 0 Å². The van der Waals surface area contributed by atoms with Crippen LogP contribution in [-0.4, -0.2) is 33.0 Å². The molecule has 1 aromatic carbocycles. The van der Waals surface area contributed by atoms with Crippen molar-refractivity contribution in [2.24, 2.45) is 0 Å². The lowest BCUT2D eigenvalue weighted by Crippen LogP contribution is -2.47. The van der Waals surface area contributed by atoms with Crippen LogP contribution >= 0.6 is 0 Å². The van der Waals surface area contributed by atoms with Gasteiger partial charge in [-0.1, -0.05) is 12.1 Å². The van der Waals surface area contributed by atoms with Crippen molar-refractivity contribution < 1.29 is 13.2 Å². The predicted molar refractivity (Wildman–Crippen MR) is 80.2 cm³/mol. The number of benzene rings is 1. The van der Waals surface area contributed by atoms with Crippen LogP contribution in [-0.2, 0) is 21.4 Å². The molecule has 1 aliphatic heterocycles. The van der Waals surface area contributed by atoms with Crippen molar-refractivity contribution in [2.45, 2.75) is 37.2 Å². The minimum atomic E-state index is -3.53. The summed E-state index contributed by atoms with van der Waals surface area (Å²) in [7, 11) is -3.53. The highest BCUT2D eigenvalue weighted by Crippen LogP contribution is 2.18. The molecule has 1 aliphatic rings. The molecule has 2 rings (SSSR count). The smallest absolute Gasteiger partial charge is 0.241 e. The summed E-state index contributed by atoms with van der Waals surface area (Å²) in [6.07, 6.45) is 0.771. The van der Waals surface area contributed by atoms with Crippen molar-refractivity contribution in [1.82, 2.24) is 15.4 Å². The molecule has 0 bridgehead atoms. The zero-order valence-corrected chi connectivity index (χ0v) is 13.1. The van der Waals surface area contributed by atoms with Gasteiger partial charge >= 0.3 is 0 Å². The summed E-state index contributed by atoms with van der Waals surface area (Å²) < 4.78 is 27.5. The van der Waals surface area contributed by atoms with Crippen LogP contribution in [0.2, 0.25) is 0 Å². The van der Waals surface area contributed by atoms with E-state index in [4.69, 9.17) is 0 Å². The van der Waals surface area contributed by atoms with Crippen LogP contribution in [0.15, 0.2) is 29.2 Å². The molecule has 116 valence electrons. The van der Waals surface area contributed by atoms with Gasteiger partial charge in [0.15, 0.2) is 0 Å². The van der Waals surface area contributed by atoms with Crippen LogP contribution in [0.5, 0.6) is 0 Å². The van der Waals surface area contributed by atoms with Gasteiger partial charge in [-0.25, -0.2) is 13.1 Å². The van der Waals surface area contributed by atoms with Crippen molar-refractivity contribution in [2.75, 3.05) is 13.1 Å². The van der Waals surface area contributed by atoms with E-state index in [1.165, 1.54) is 6.92 Å². The largest absolute Gasteiger partial charge is 0.352 e. The van der Waals surface area contributed by atoms with Gasteiger partial charge in [-0.05, 0) is 37.6 Å². The first-order valence-corrected chi connectivity index (χ1v) is 8.37. The van der Waals surface area contributed by atoms with Gasteiger partial charge in [-0.2, -0.15) is 0 Å². The van der Waals surface area contributed by atoms with Crippen LogP contribution < -0.4 is 15.4 Å². The number of hydrogen-bond donors (Lipinski definition) is 3. The average molecular weight is 311 g/mol. The van der Waals surface area contributed by atoms with Gasteiger partial charge in [0.1, 0.15) is 0 Å². The summed E-state index contributed by atoms with van der Waals surface area (Å²) in [5.74, 6) is -0.116. The molecule has 1 amide bonds. The van der Waals surface area contributed by atoms with Crippen LogP contribution in [0.1, 0.15) is 25.8 Å². The van der Waals surface area contributed by atoms with Gasteiger partial charge in [-0.15, -0.1) is 0 Å². The fraction of sp³-hybridized carbons (Fsp3) is 0.500. The maximum Gasteiger partial charge on any atom is 0.241 e. The Morgan fingerprint density at radius 2 is 2.00 bits per heavy atom. The fourth-order valence-corrected chi connectivity index (χ4v) is 3.74. The Balaban J connectivity index is 2.08. The third-order valence-corrected chi connectivity index (χ3v) is 5.18. The van der Waals surface area contributed by atoms with Crippen molar-refractivity contribution in [1.29, 1.82) is 0 Å². The molecule has 7 heteroatoms. The highest BCUT2D eigenvalue weighted by atomic mass is 32.2. The fourth-order valence-electron chi connectivity index (χ4n) is 2.30. The molecular formula is C14H21N3O3S. The average Bonchev–Trinajstić information content (AvgIpc) is 2.82. The van der Waals surface area contributed by atoms with E-state index >= 15 is 0 Å². The third-order valence-electron chi connectivity index (χ3n) is 3.52. The highest BCUT2D eigenvalue weighted by molar-refractivity contribution is 7.89. The van der Waals surface area contributed by atoms with Gasteiger partial charge < -0.3 is 10.6 Å². The number of nitrogens with one attached hydrogen (secondary N) is 3. The van der Waals surface area contributed by atoms with E-state index < -0.39 is 15.6 Å². The van der Waals surface area contributed by atoms with Crippen LogP contribution in [0, 0.1) is 0 Å². The minimum Gasteiger partial charge on any atom is -0.352 e. The first kappa shape index (κ1) is 15.9. The predicted octanol–water partition coefficient (Wildman–Crippen LogP) is 0.353. The molecule has 1 saturated heterocycles. The zero-order chi connectivity index (χ0) is 15.5. The van der Waals surface area contributed by atoms with Gasteiger partial charge in [0.2, 0.25) is 15.9 Å². The Kier molecular flexibility index (Phi) is 4.65. The Labute approximate surface area is 125 Å². The number of carbonyl (C=O) groups excluding carboxylic acids is 1. The topological polar surface area (TPSA) is 87.3 Å². The molecule has 1 fully saturated rings. The number of sulfonamides is 1. The van der Waals surface area contributed by atoms with Crippen molar-refractivity contribution in [3.8, 4) is 0 Å². The minimum absolute atomic E-state index is 0.116. The van der Waals surface area contributed by atoms with Crippen LogP contribution in [0.25, 0.3) is 0 Å². The molecule has 1 heterocycles. The van der Waals surface area contributed by atoms with E-state index in [1.807, 2.05) is 6.92 Å². The van der Waals surface area contributed by atoms with E-state index in [-0.39, 0.29) is 10.8 Å². The maximum absolute atomic E-state index is 12.4. The normalized spacial score (nSPS) is 22.2. The molecule has 1 aromatic rings. The summed E-state index contributed by atoms with van der Waals surface area (Å²) in [6, 6.07) is 6.54. The van der Waals surface area contributed by atoms with Gasteiger partial charge in [-0.3, -0.25) is 4.79 Å². The molecule has 1 atom stereocenters. The second-order valence-corrected chi connectivity index (χ2v) is 7.33. The molecule has 3 N–H and O–H groups in total. The van der Waals surface area contributed by atoms with Crippen molar-refractivity contribution in [3.05, 3.63) is 29.8 Å². The zero-order valence-electron chi connectivity index (χ0n) is 12.3. The molecule has 0 radical (unpaired) electrons. The van der Waals surface area contributed by atoms with Gasteiger partial charge in [0.05, 0.1) is 4.90 Å². The first-order valence-electron chi connectivity index (χ1n) is 6.89. The van der Waals surface area contributed by atoms with E-state index in [0.29, 0.717) is 13.1 Å². The standard InChI is InChI=1S/C14H21N3O3S/c1-11(18)16-9-12-3-5-13(6-4-12)21(19,20)17-14(2)7-8-15-10-14/h3-6,15,17H,7-10H2,1-2H3,(H,16,18). The van der Waals surface area contributed by atoms with Crippen molar-refractivity contribution in [3.63, 3.8) is 0 Å². The number of hydrogen-bond acceptors (Lipinski definition) is 4.